The molecule has 1 aromatic rings. The minimum Gasteiger partial charge on any atom is -0.127 e. The summed E-state index contributed by atoms with van der Waals surface area (Å²) in [6.07, 6.45) is 1.10. The van der Waals surface area contributed by atoms with Crippen molar-refractivity contribution in [2.75, 3.05) is 0 Å². The Kier molecular flexibility index (Phi) is 3.88. The Morgan fingerprint density at radius 3 is 2.58 bits per heavy atom. The molecular weight excluding hydrogens is 211 g/mol. The highest BCUT2D eigenvalue weighted by Crippen LogP contribution is 2.36. The van der Waals surface area contributed by atoms with E-state index in [9.17, 15) is 0 Å². The summed E-state index contributed by atoms with van der Waals surface area (Å²) in [5.74, 6) is 0.515. The molecule has 68 valence electrons. The van der Waals surface area contributed by atoms with Gasteiger partial charge in [-0.05, 0) is 18.1 Å². The first-order valence-electron chi connectivity index (χ1n) is 4.04. The lowest BCUT2D eigenvalue weighted by Crippen LogP contribution is -1.99. The van der Waals surface area contributed by atoms with Gasteiger partial charge in [-0.25, -0.2) is 0 Å². The number of thiophene rings is 1. The smallest absolute Gasteiger partial charge is 0.0931 e. The molecule has 2 unspecified atom stereocenters. The van der Waals surface area contributed by atoms with Gasteiger partial charge in [0.15, 0.2) is 0 Å². The van der Waals surface area contributed by atoms with Gasteiger partial charge in [-0.2, -0.15) is 0 Å². The third-order valence-corrected chi connectivity index (χ3v) is 4.12. The fourth-order valence-electron chi connectivity index (χ4n) is 0.964. The van der Waals surface area contributed by atoms with Gasteiger partial charge < -0.3 is 0 Å². The Morgan fingerprint density at radius 1 is 1.50 bits per heavy atom. The molecule has 1 rings (SSSR count). The van der Waals surface area contributed by atoms with Gasteiger partial charge in [0.25, 0.3) is 0 Å². The molecule has 0 bridgehead atoms. The first-order chi connectivity index (χ1) is 5.65. The molecule has 0 spiro atoms. The molecule has 2 atom stereocenters. The molecule has 0 aromatic carbocycles. The first kappa shape index (κ1) is 10.4. The standard InChI is InChI=1S/C9H12Cl2S/c1-3-6(2)9(11)7-4-5-8(10)12-7/h4-6,9H,3H2,1-2H3. The van der Waals surface area contributed by atoms with Gasteiger partial charge in [0.2, 0.25) is 0 Å². The summed E-state index contributed by atoms with van der Waals surface area (Å²) in [6, 6.07) is 3.91. The Hall–Kier alpha value is 0.280. The molecule has 3 heteroatoms. The lowest BCUT2D eigenvalue weighted by Gasteiger charge is -2.13. The monoisotopic (exact) mass is 222 g/mol. The summed E-state index contributed by atoms with van der Waals surface area (Å²) in [4.78, 5) is 1.18. The van der Waals surface area contributed by atoms with Crippen LogP contribution in [0.25, 0.3) is 0 Å². The number of hydrogen-bond acceptors (Lipinski definition) is 1. The van der Waals surface area contributed by atoms with Crippen molar-refractivity contribution >= 4 is 34.5 Å². The third-order valence-electron chi connectivity index (χ3n) is 2.01. The molecule has 12 heavy (non-hydrogen) atoms. The zero-order chi connectivity index (χ0) is 9.14. The van der Waals surface area contributed by atoms with Crippen molar-refractivity contribution in [3.8, 4) is 0 Å². The van der Waals surface area contributed by atoms with Crippen LogP contribution in [0, 0.1) is 5.92 Å². The fraction of sp³-hybridized carbons (Fsp3) is 0.556. The minimum absolute atomic E-state index is 0.118. The van der Waals surface area contributed by atoms with Crippen LogP contribution in [-0.2, 0) is 0 Å². The van der Waals surface area contributed by atoms with Gasteiger partial charge in [0, 0.05) is 4.88 Å². The summed E-state index contributed by atoms with van der Waals surface area (Å²) >= 11 is 13.6. The maximum Gasteiger partial charge on any atom is 0.0931 e. The van der Waals surface area contributed by atoms with Crippen molar-refractivity contribution in [3.05, 3.63) is 21.3 Å². The van der Waals surface area contributed by atoms with E-state index < -0.39 is 0 Å². The Balaban J connectivity index is 2.70. The first-order valence-corrected chi connectivity index (χ1v) is 5.67. The van der Waals surface area contributed by atoms with Gasteiger partial charge in [-0.1, -0.05) is 31.9 Å². The molecule has 0 aliphatic heterocycles. The van der Waals surface area contributed by atoms with Crippen LogP contribution in [0.4, 0.5) is 0 Å². The van der Waals surface area contributed by atoms with Crippen molar-refractivity contribution in [1.82, 2.24) is 0 Å². The van der Waals surface area contributed by atoms with Crippen LogP contribution in [0.2, 0.25) is 4.34 Å². The third kappa shape index (κ3) is 2.38. The molecular formula is C9H12Cl2S. The van der Waals surface area contributed by atoms with E-state index in [0.29, 0.717) is 5.92 Å². The van der Waals surface area contributed by atoms with Crippen LogP contribution >= 0.6 is 34.5 Å². The predicted octanol–water partition coefficient (Wildman–Crippen LogP) is 4.73. The summed E-state index contributed by atoms with van der Waals surface area (Å²) in [6.45, 7) is 4.31. The van der Waals surface area contributed by atoms with Gasteiger partial charge in [-0.3, -0.25) is 0 Å². The maximum atomic E-state index is 6.22. The van der Waals surface area contributed by atoms with Gasteiger partial charge >= 0.3 is 0 Å². The fourth-order valence-corrected chi connectivity index (χ4v) is 2.52. The van der Waals surface area contributed by atoms with E-state index in [0.717, 1.165) is 10.8 Å². The van der Waals surface area contributed by atoms with E-state index in [1.54, 1.807) is 11.3 Å². The van der Waals surface area contributed by atoms with E-state index in [1.165, 1.54) is 4.88 Å². The molecule has 0 saturated heterocycles. The normalized spacial score (nSPS) is 16.0. The number of alkyl halides is 1. The molecule has 0 radical (unpaired) electrons. The van der Waals surface area contributed by atoms with Crippen LogP contribution in [0.5, 0.6) is 0 Å². The van der Waals surface area contributed by atoms with Crippen molar-refractivity contribution in [1.29, 1.82) is 0 Å². The quantitative estimate of drug-likeness (QED) is 0.650. The molecule has 0 fully saturated rings. The molecule has 0 nitrogen and oxygen atoms in total. The minimum atomic E-state index is 0.118. The average molecular weight is 223 g/mol. The van der Waals surface area contributed by atoms with Crippen molar-refractivity contribution in [2.24, 2.45) is 5.92 Å². The van der Waals surface area contributed by atoms with Gasteiger partial charge in [-0.15, -0.1) is 22.9 Å². The average Bonchev–Trinajstić information content (AvgIpc) is 2.49. The van der Waals surface area contributed by atoms with Gasteiger partial charge in [0.1, 0.15) is 0 Å². The zero-order valence-electron chi connectivity index (χ0n) is 7.18. The Bertz CT molecular complexity index is 244. The second kappa shape index (κ2) is 4.50. The molecule has 0 aliphatic carbocycles. The van der Waals surface area contributed by atoms with Crippen LogP contribution in [0.15, 0.2) is 12.1 Å². The SMILES string of the molecule is CCC(C)C(Cl)c1ccc(Cl)s1. The second-order valence-electron chi connectivity index (χ2n) is 2.93. The number of rotatable bonds is 3. The van der Waals surface area contributed by atoms with Crippen LogP contribution in [-0.4, -0.2) is 0 Å². The highest BCUT2D eigenvalue weighted by Gasteiger charge is 2.16. The Labute approximate surface area is 87.5 Å². The second-order valence-corrected chi connectivity index (χ2v) is 5.15. The van der Waals surface area contributed by atoms with Crippen LogP contribution in [0.3, 0.4) is 0 Å². The van der Waals surface area contributed by atoms with Crippen LogP contribution in [0.1, 0.15) is 30.5 Å². The number of halogens is 2. The summed E-state index contributed by atoms with van der Waals surface area (Å²) in [5.41, 5.74) is 0. The van der Waals surface area contributed by atoms with E-state index in [-0.39, 0.29) is 5.38 Å². The maximum absolute atomic E-state index is 6.22. The van der Waals surface area contributed by atoms with Crippen molar-refractivity contribution < 1.29 is 0 Å². The largest absolute Gasteiger partial charge is 0.127 e. The highest BCUT2D eigenvalue weighted by molar-refractivity contribution is 7.16. The van der Waals surface area contributed by atoms with Crippen LogP contribution < -0.4 is 0 Å². The van der Waals surface area contributed by atoms with Crippen molar-refractivity contribution in [2.45, 2.75) is 25.6 Å². The molecule has 1 heterocycles. The summed E-state index contributed by atoms with van der Waals surface area (Å²) < 4.78 is 0.818. The lowest BCUT2D eigenvalue weighted by atomic mass is 10.0. The van der Waals surface area contributed by atoms with Gasteiger partial charge in [0.05, 0.1) is 9.71 Å². The molecule has 0 saturated carbocycles. The molecule has 0 aliphatic rings. The zero-order valence-corrected chi connectivity index (χ0v) is 9.51. The summed E-state index contributed by atoms with van der Waals surface area (Å²) in [5, 5.41) is 0.118. The highest BCUT2D eigenvalue weighted by atomic mass is 35.5. The van der Waals surface area contributed by atoms with Crippen molar-refractivity contribution in [3.63, 3.8) is 0 Å². The molecule has 0 N–H and O–H groups in total. The number of hydrogen-bond donors (Lipinski definition) is 0. The summed E-state index contributed by atoms with van der Waals surface area (Å²) in [7, 11) is 0. The lowest BCUT2D eigenvalue weighted by molar-refractivity contribution is 0.547. The Morgan fingerprint density at radius 2 is 2.17 bits per heavy atom. The van der Waals surface area contributed by atoms with E-state index >= 15 is 0 Å². The molecule has 1 aromatic heterocycles. The van der Waals surface area contributed by atoms with E-state index in [1.807, 2.05) is 12.1 Å². The van der Waals surface area contributed by atoms with E-state index in [4.69, 9.17) is 23.2 Å². The molecule has 0 amide bonds. The van der Waals surface area contributed by atoms with E-state index in [2.05, 4.69) is 13.8 Å². The predicted molar refractivity (Wildman–Crippen MR) is 57.4 cm³/mol. The topological polar surface area (TPSA) is 0 Å².